The number of hydrogen-bond donors (Lipinski definition) is 7. The molecule has 0 fully saturated rings. The van der Waals surface area contributed by atoms with Crippen LogP contribution in [0, 0.1) is 11.8 Å². The lowest BCUT2D eigenvalue weighted by Crippen LogP contribution is -2.58. The molecular weight excluding hydrogens is 668 g/mol. The van der Waals surface area contributed by atoms with Crippen molar-refractivity contribution in [2.45, 2.75) is 95.5 Å². The van der Waals surface area contributed by atoms with E-state index < -0.39 is 35.9 Å². The van der Waals surface area contributed by atoms with Gasteiger partial charge in [-0.2, -0.15) is 25.3 Å². The molecule has 5 N–H and O–H groups in total. The molecule has 0 aliphatic carbocycles. The van der Waals surface area contributed by atoms with Crippen LogP contribution in [0.15, 0.2) is 54.6 Å². The van der Waals surface area contributed by atoms with Gasteiger partial charge in [-0.25, -0.2) is 0 Å². The van der Waals surface area contributed by atoms with Crippen LogP contribution in [0.5, 0.6) is 0 Å². The molecule has 0 radical (unpaired) electrons. The molecule has 2 aromatic carbocycles. The molecule has 0 aromatic heterocycles. The SMILES string of the molecule is CCNC(=O)C(CCO)[C@H](Cc1ccc(Cl)cc1)NC(=O)[C@@H](NC(=O)[C@H](Cc1ccccc1)NC(=O)CCCCC(S)CCS)C(C)C. The summed E-state index contributed by atoms with van der Waals surface area (Å²) in [4.78, 5) is 53.8. The third-order valence-corrected chi connectivity index (χ3v) is 9.17. The maximum Gasteiger partial charge on any atom is 0.243 e. The molecule has 9 nitrogen and oxygen atoms in total. The number of amides is 4. The van der Waals surface area contributed by atoms with Crippen molar-refractivity contribution in [2.75, 3.05) is 18.9 Å². The van der Waals surface area contributed by atoms with E-state index in [0.29, 0.717) is 24.4 Å². The molecule has 0 aliphatic rings. The van der Waals surface area contributed by atoms with Crippen LogP contribution < -0.4 is 21.3 Å². The van der Waals surface area contributed by atoms with Gasteiger partial charge in [0.2, 0.25) is 23.6 Å². The van der Waals surface area contributed by atoms with Crippen molar-refractivity contribution in [3.63, 3.8) is 0 Å². The smallest absolute Gasteiger partial charge is 0.243 e. The molecule has 2 unspecified atom stereocenters. The van der Waals surface area contributed by atoms with Crippen molar-refractivity contribution in [1.82, 2.24) is 21.3 Å². The average Bonchev–Trinajstić information content (AvgIpc) is 3.05. The third kappa shape index (κ3) is 15.2. The zero-order valence-electron chi connectivity index (χ0n) is 28.3. The molecular formula is C36H53ClN4O5S2. The van der Waals surface area contributed by atoms with Gasteiger partial charge in [-0.15, -0.1) is 0 Å². The number of carbonyl (C=O) groups is 4. The highest BCUT2D eigenvalue weighted by Crippen LogP contribution is 2.19. The first-order valence-electron chi connectivity index (χ1n) is 16.8. The molecule has 0 spiro atoms. The lowest BCUT2D eigenvalue weighted by atomic mass is 9.89. The summed E-state index contributed by atoms with van der Waals surface area (Å²) in [6, 6.07) is 14.0. The van der Waals surface area contributed by atoms with E-state index in [-0.39, 0.29) is 48.9 Å². The second-order valence-electron chi connectivity index (χ2n) is 12.4. The van der Waals surface area contributed by atoms with Crippen molar-refractivity contribution in [3.05, 3.63) is 70.7 Å². The summed E-state index contributed by atoms with van der Waals surface area (Å²) in [7, 11) is 0. The topological polar surface area (TPSA) is 137 Å². The Hall–Kier alpha value is -2.73. The first-order valence-corrected chi connectivity index (χ1v) is 18.4. The highest BCUT2D eigenvalue weighted by molar-refractivity contribution is 7.81. The Kier molecular flexibility index (Phi) is 19.7. The Morgan fingerprint density at radius 3 is 2.08 bits per heavy atom. The van der Waals surface area contributed by atoms with Gasteiger partial charge in [0, 0.05) is 42.3 Å². The van der Waals surface area contributed by atoms with Crippen LogP contribution in [-0.4, -0.2) is 71.0 Å². The largest absolute Gasteiger partial charge is 0.396 e. The lowest BCUT2D eigenvalue weighted by molar-refractivity contribution is -0.133. The number of nitrogens with one attached hydrogen (secondary N) is 4. The molecule has 0 saturated heterocycles. The zero-order valence-corrected chi connectivity index (χ0v) is 30.8. The van der Waals surface area contributed by atoms with E-state index in [1.807, 2.05) is 56.3 Å². The van der Waals surface area contributed by atoms with E-state index in [1.165, 1.54) is 0 Å². The van der Waals surface area contributed by atoms with Crippen LogP contribution in [0.2, 0.25) is 5.02 Å². The molecule has 0 heterocycles. The lowest BCUT2D eigenvalue weighted by Gasteiger charge is -2.31. The number of unbranched alkanes of at least 4 members (excludes halogenated alkanes) is 1. The Morgan fingerprint density at radius 1 is 0.812 bits per heavy atom. The fraction of sp³-hybridized carbons (Fsp3) is 0.556. The normalized spacial score (nSPS) is 14.3. The minimum atomic E-state index is -0.955. The summed E-state index contributed by atoms with van der Waals surface area (Å²) >= 11 is 14.9. The number of aliphatic hydroxyl groups is 1. The first-order chi connectivity index (χ1) is 23.0. The number of aliphatic hydroxyl groups excluding tert-OH is 1. The van der Waals surface area contributed by atoms with Gasteiger partial charge in [-0.3, -0.25) is 19.2 Å². The molecule has 2 aromatic rings. The van der Waals surface area contributed by atoms with E-state index in [2.05, 4.69) is 46.5 Å². The zero-order chi connectivity index (χ0) is 35.5. The maximum atomic E-state index is 13.9. The number of rotatable bonds is 22. The molecule has 2 rings (SSSR count). The predicted octanol–water partition coefficient (Wildman–Crippen LogP) is 4.55. The quantitative estimate of drug-likeness (QED) is 0.0708. The van der Waals surface area contributed by atoms with Gasteiger partial charge in [0.05, 0.1) is 5.92 Å². The Bertz CT molecular complexity index is 1270. The van der Waals surface area contributed by atoms with Crippen molar-refractivity contribution in [2.24, 2.45) is 11.8 Å². The number of benzene rings is 2. The van der Waals surface area contributed by atoms with E-state index >= 15 is 0 Å². The van der Waals surface area contributed by atoms with Gasteiger partial charge in [0.15, 0.2) is 0 Å². The summed E-state index contributed by atoms with van der Waals surface area (Å²) in [5.41, 5.74) is 1.71. The number of carbonyl (C=O) groups excluding carboxylic acids is 4. The molecule has 0 bridgehead atoms. The predicted molar refractivity (Wildman–Crippen MR) is 200 cm³/mol. The first kappa shape index (κ1) is 41.4. The van der Waals surface area contributed by atoms with Crippen LogP contribution >= 0.6 is 36.9 Å². The van der Waals surface area contributed by atoms with Crippen molar-refractivity contribution in [3.8, 4) is 0 Å². The summed E-state index contributed by atoms with van der Waals surface area (Å²) in [5, 5.41) is 22.2. The minimum Gasteiger partial charge on any atom is -0.396 e. The summed E-state index contributed by atoms with van der Waals surface area (Å²) < 4.78 is 0. The highest BCUT2D eigenvalue weighted by atomic mass is 35.5. The van der Waals surface area contributed by atoms with Gasteiger partial charge >= 0.3 is 0 Å². The molecule has 266 valence electrons. The van der Waals surface area contributed by atoms with Crippen molar-refractivity contribution >= 4 is 60.5 Å². The van der Waals surface area contributed by atoms with E-state index in [1.54, 1.807) is 19.1 Å². The minimum absolute atomic E-state index is 0.137. The molecule has 4 amide bonds. The van der Waals surface area contributed by atoms with E-state index in [9.17, 15) is 24.3 Å². The van der Waals surface area contributed by atoms with Gasteiger partial charge < -0.3 is 26.4 Å². The second kappa shape index (κ2) is 22.8. The van der Waals surface area contributed by atoms with Gasteiger partial charge in [0.1, 0.15) is 12.1 Å². The second-order valence-corrected chi connectivity index (χ2v) is 14.0. The summed E-state index contributed by atoms with van der Waals surface area (Å²) in [5.74, 6) is -1.73. The summed E-state index contributed by atoms with van der Waals surface area (Å²) in [6.45, 7) is 5.60. The molecule has 48 heavy (non-hydrogen) atoms. The standard InChI is InChI=1S/C36H53ClN4O5S2/c1-4-38-34(44)29(18-20-42)30(22-26-14-16-27(37)17-15-26)40-36(46)33(24(2)3)41-35(45)31(23-25-10-6-5-7-11-25)39-32(43)13-9-8-12-28(48)19-21-47/h5-7,10-11,14-17,24,28-31,33,42,47-48H,4,8-9,12-13,18-23H2,1-3H3,(H,38,44)(H,39,43)(H,40,46)(H,41,45)/t28?,29?,30-,31-,33-/m0/s1. The van der Waals surface area contributed by atoms with Gasteiger partial charge in [-0.05, 0) is 74.0 Å². The van der Waals surface area contributed by atoms with Gasteiger partial charge in [0.25, 0.3) is 0 Å². The average molecular weight is 721 g/mol. The van der Waals surface area contributed by atoms with Crippen LogP contribution in [0.3, 0.4) is 0 Å². The van der Waals surface area contributed by atoms with Crippen molar-refractivity contribution < 1.29 is 24.3 Å². The van der Waals surface area contributed by atoms with Gasteiger partial charge in [-0.1, -0.05) is 74.3 Å². The molecule has 12 heteroatoms. The van der Waals surface area contributed by atoms with Crippen molar-refractivity contribution in [1.29, 1.82) is 0 Å². The van der Waals surface area contributed by atoms with E-state index in [0.717, 1.165) is 36.1 Å². The third-order valence-electron chi connectivity index (χ3n) is 8.14. The Morgan fingerprint density at radius 2 is 1.48 bits per heavy atom. The molecule has 0 aliphatic heterocycles. The van der Waals surface area contributed by atoms with Crippen LogP contribution in [-0.2, 0) is 32.0 Å². The highest BCUT2D eigenvalue weighted by Gasteiger charge is 2.34. The number of thiol groups is 2. The van der Waals surface area contributed by atoms with Crippen LogP contribution in [0.25, 0.3) is 0 Å². The summed E-state index contributed by atoms with van der Waals surface area (Å²) in [6.07, 6.45) is 4.25. The fourth-order valence-electron chi connectivity index (χ4n) is 5.47. The Labute approximate surface area is 302 Å². The number of hydrogen-bond acceptors (Lipinski definition) is 7. The monoisotopic (exact) mass is 720 g/mol. The van der Waals surface area contributed by atoms with Crippen LogP contribution in [0.4, 0.5) is 0 Å². The Balaban J connectivity index is 2.24. The van der Waals surface area contributed by atoms with E-state index in [4.69, 9.17) is 11.6 Å². The number of halogens is 1. The fourth-order valence-corrected chi connectivity index (χ4v) is 6.43. The molecule has 5 atom stereocenters. The maximum absolute atomic E-state index is 13.9. The molecule has 0 saturated carbocycles. The van der Waals surface area contributed by atoms with Crippen LogP contribution in [0.1, 0.15) is 70.4 Å².